The number of aromatic amines is 1. The van der Waals surface area contributed by atoms with E-state index in [1.165, 1.54) is 12.5 Å². The van der Waals surface area contributed by atoms with Crippen LogP contribution in [0.1, 0.15) is 10.4 Å². The van der Waals surface area contributed by atoms with E-state index >= 15 is 0 Å². The zero-order valence-corrected chi connectivity index (χ0v) is 7.17. The quantitative estimate of drug-likeness (QED) is 0.659. The largest absolute Gasteiger partial charge is 0.365 e. The Morgan fingerprint density at radius 2 is 2.31 bits per heavy atom. The summed E-state index contributed by atoms with van der Waals surface area (Å²) in [5.74, 6) is -0.568. The Balaban J connectivity index is 2.86. The van der Waals surface area contributed by atoms with Gasteiger partial charge in [-0.1, -0.05) is 11.6 Å². The van der Waals surface area contributed by atoms with Crippen LogP contribution in [0.15, 0.2) is 12.5 Å². The first kappa shape index (κ1) is 8.00. The molecule has 0 fully saturated rings. The van der Waals surface area contributed by atoms with Gasteiger partial charge in [0.15, 0.2) is 5.15 Å². The second kappa shape index (κ2) is 2.70. The van der Waals surface area contributed by atoms with Crippen LogP contribution in [-0.4, -0.2) is 20.9 Å². The summed E-state index contributed by atoms with van der Waals surface area (Å²) in [5, 5.41) is 0.275. The molecule has 0 radical (unpaired) electrons. The summed E-state index contributed by atoms with van der Waals surface area (Å²) in [6.07, 6.45) is 2.75. The lowest BCUT2D eigenvalue weighted by Gasteiger charge is -1.96. The fourth-order valence-electron chi connectivity index (χ4n) is 1.08. The number of hydrogen-bond acceptors (Lipinski definition) is 3. The summed E-state index contributed by atoms with van der Waals surface area (Å²) in [6, 6.07) is 0. The number of rotatable bonds is 1. The molecule has 0 aromatic carbocycles. The van der Waals surface area contributed by atoms with Crippen molar-refractivity contribution in [3.63, 3.8) is 0 Å². The topological polar surface area (TPSA) is 84.7 Å². The highest BCUT2D eigenvalue weighted by molar-refractivity contribution is 6.34. The molecule has 0 aliphatic rings. The number of carbonyl (C=O) groups excluding carboxylic acids is 1. The summed E-state index contributed by atoms with van der Waals surface area (Å²) >= 11 is 5.74. The fourth-order valence-corrected chi connectivity index (χ4v) is 1.28. The number of primary amides is 1. The zero-order chi connectivity index (χ0) is 9.42. The molecule has 2 aromatic rings. The van der Waals surface area contributed by atoms with Crippen molar-refractivity contribution < 1.29 is 4.79 Å². The van der Waals surface area contributed by atoms with Crippen molar-refractivity contribution in [3.8, 4) is 0 Å². The first-order valence-corrected chi connectivity index (χ1v) is 3.85. The van der Waals surface area contributed by atoms with E-state index in [0.29, 0.717) is 11.0 Å². The van der Waals surface area contributed by atoms with E-state index in [4.69, 9.17) is 17.3 Å². The van der Waals surface area contributed by atoms with Crippen LogP contribution in [0, 0.1) is 0 Å². The first-order chi connectivity index (χ1) is 6.20. The molecular formula is C7H5ClN4O. The molecule has 0 aliphatic heterocycles. The van der Waals surface area contributed by atoms with Gasteiger partial charge in [-0.05, 0) is 0 Å². The number of amides is 1. The van der Waals surface area contributed by atoms with E-state index in [1.807, 2.05) is 0 Å². The van der Waals surface area contributed by atoms with Crippen LogP contribution in [0.2, 0.25) is 5.15 Å². The molecule has 5 nitrogen and oxygen atoms in total. The SMILES string of the molecule is NC(=O)c1cnc(Cl)c2[nH]cnc12. The third kappa shape index (κ3) is 1.13. The summed E-state index contributed by atoms with van der Waals surface area (Å²) < 4.78 is 0. The molecule has 0 aliphatic carbocycles. The molecule has 6 heteroatoms. The fraction of sp³-hybridized carbons (Fsp3) is 0. The van der Waals surface area contributed by atoms with Crippen molar-refractivity contribution in [2.24, 2.45) is 5.73 Å². The Kier molecular flexibility index (Phi) is 1.66. The smallest absolute Gasteiger partial charge is 0.252 e. The van der Waals surface area contributed by atoms with Gasteiger partial charge in [-0.2, -0.15) is 0 Å². The third-order valence-corrected chi connectivity index (χ3v) is 1.96. The number of aromatic nitrogens is 3. The molecule has 3 N–H and O–H groups in total. The molecule has 2 heterocycles. The molecule has 2 aromatic heterocycles. The second-order valence-electron chi connectivity index (χ2n) is 2.45. The van der Waals surface area contributed by atoms with Crippen LogP contribution in [-0.2, 0) is 0 Å². The molecule has 13 heavy (non-hydrogen) atoms. The Labute approximate surface area is 77.9 Å². The van der Waals surface area contributed by atoms with Gasteiger partial charge in [0.2, 0.25) is 0 Å². The number of nitrogens with one attached hydrogen (secondary N) is 1. The molecule has 66 valence electrons. The lowest BCUT2D eigenvalue weighted by molar-refractivity contribution is 0.100. The van der Waals surface area contributed by atoms with Gasteiger partial charge in [0.05, 0.1) is 11.9 Å². The van der Waals surface area contributed by atoms with Crippen LogP contribution >= 0.6 is 11.6 Å². The standard InChI is InChI=1S/C7H5ClN4O/c8-6-5-4(11-2-12-5)3(1-10-6)7(9)13/h1-2H,(H2,9,13)(H,11,12). The van der Waals surface area contributed by atoms with E-state index in [2.05, 4.69) is 15.0 Å². The molecule has 2 rings (SSSR count). The van der Waals surface area contributed by atoms with Gasteiger partial charge >= 0.3 is 0 Å². The summed E-state index contributed by atoms with van der Waals surface area (Å²) in [6.45, 7) is 0. The van der Waals surface area contributed by atoms with Gasteiger partial charge in [0.25, 0.3) is 5.91 Å². The number of carbonyl (C=O) groups is 1. The molecular weight excluding hydrogens is 192 g/mol. The highest BCUT2D eigenvalue weighted by Crippen LogP contribution is 2.20. The van der Waals surface area contributed by atoms with E-state index in [1.54, 1.807) is 0 Å². The minimum absolute atomic E-state index is 0.264. The molecule has 0 atom stereocenters. The number of nitrogens with two attached hydrogens (primary N) is 1. The highest BCUT2D eigenvalue weighted by atomic mass is 35.5. The van der Waals surface area contributed by atoms with Crippen molar-refractivity contribution in [3.05, 3.63) is 23.2 Å². The first-order valence-electron chi connectivity index (χ1n) is 3.47. The van der Waals surface area contributed by atoms with E-state index in [0.717, 1.165) is 0 Å². The van der Waals surface area contributed by atoms with Gasteiger partial charge in [-0.3, -0.25) is 4.79 Å². The number of imidazole rings is 1. The third-order valence-electron chi connectivity index (χ3n) is 1.67. The summed E-state index contributed by atoms with van der Waals surface area (Å²) in [4.78, 5) is 21.4. The van der Waals surface area contributed by atoms with Gasteiger partial charge in [0.1, 0.15) is 11.0 Å². The maximum Gasteiger partial charge on any atom is 0.252 e. The zero-order valence-electron chi connectivity index (χ0n) is 6.41. The van der Waals surface area contributed by atoms with Crippen molar-refractivity contribution in [1.82, 2.24) is 15.0 Å². The van der Waals surface area contributed by atoms with Crippen LogP contribution in [0.3, 0.4) is 0 Å². The van der Waals surface area contributed by atoms with Crippen molar-refractivity contribution in [2.75, 3.05) is 0 Å². The van der Waals surface area contributed by atoms with E-state index in [-0.39, 0.29) is 10.7 Å². The normalized spacial score (nSPS) is 10.5. The number of pyridine rings is 1. The number of fused-ring (bicyclic) bond motifs is 1. The van der Waals surface area contributed by atoms with Crippen molar-refractivity contribution in [1.29, 1.82) is 0 Å². The average molecular weight is 197 g/mol. The molecule has 0 saturated heterocycles. The maximum absolute atomic E-state index is 10.9. The summed E-state index contributed by atoms with van der Waals surface area (Å²) in [5.41, 5.74) is 6.35. The number of nitrogens with zero attached hydrogens (tertiary/aromatic N) is 2. The lowest BCUT2D eigenvalue weighted by atomic mass is 10.2. The van der Waals surface area contributed by atoms with Crippen molar-refractivity contribution in [2.45, 2.75) is 0 Å². The predicted octanol–water partition coefficient (Wildman–Crippen LogP) is 0.710. The maximum atomic E-state index is 10.9. The van der Waals surface area contributed by atoms with Crippen LogP contribution in [0.4, 0.5) is 0 Å². The molecule has 1 amide bonds. The second-order valence-corrected chi connectivity index (χ2v) is 2.81. The van der Waals surface area contributed by atoms with Gasteiger partial charge in [-0.25, -0.2) is 9.97 Å². The number of H-pyrrole nitrogens is 1. The van der Waals surface area contributed by atoms with Gasteiger partial charge < -0.3 is 10.7 Å². The Morgan fingerprint density at radius 3 is 3.00 bits per heavy atom. The van der Waals surface area contributed by atoms with Gasteiger partial charge in [0, 0.05) is 6.20 Å². The van der Waals surface area contributed by atoms with Gasteiger partial charge in [-0.15, -0.1) is 0 Å². The molecule has 0 spiro atoms. The minimum atomic E-state index is -0.568. The van der Waals surface area contributed by atoms with E-state index < -0.39 is 5.91 Å². The van der Waals surface area contributed by atoms with Crippen LogP contribution in [0.25, 0.3) is 11.0 Å². The average Bonchev–Trinajstić information content (AvgIpc) is 2.53. The lowest BCUT2D eigenvalue weighted by Crippen LogP contribution is -2.12. The summed E-state index contributed by atoms with van der Waals surface area (Å²) in [7, 11) is 0. The Morgan fingerprint density at radius 1 is 1.54 bits per heavy atom. The van der Waals surface area contributed by atoms with E-state index in [9.17, 15) is 4.79 Å². The number of halogens is 1. The monoisotopic (exact) mass is 196 g/mol. The number of hydrogen-bond donors (Lipinski definition) is 2. The van der Waals surface area contributed by atoms with Crippen LogP contribution < -0.4 is 5.73 Å². The molecule has 0 unspecified atom stereocenters. The Bertz CT molecular complexity index is 478. The minimum Gasteiger partial charge on any atom is -0.365 e. The molecule has 0 saturated carbocycles. The highest BCUT2D eigenvalue weighted by Gasteiger charge is 2.11. The Hall–Kier alpha value is -1.62. The van der Waals surface area contributed by atoms with Crippen molar-refractivity contribution >= 4 is 28.5 Å². The molecule has 0 bridgehead atoms. The predicted molar refractivity (Wildman–Crippen MR) is 47.4 cm³/mol. The van der Waals surface area contributed by atoms with Crippen LogP contribution in [0.5, 0.6) is 0 Å².